The van der Waals surface area contributed by atoms with Crippen molar-refractivity contribution >= 4 is 23.2 Å². The molecule has 0 atom stereocenters. The molecule has 0 saturated heterocycles. The van der Waals surface area contributed by atoms with Gasteiger partial charge in [-0.3, -0.25) is 0 Å². The first kappa shape index (κ1) is 13.2. The summed E-state index contributed by atoms with van der Waals surface area (Å²) in [5, 5.41) is -0.0600. The van der Waals surface area contributed by atoms with Gasteiger partial charge in [-0.1, -0.05) is 47.5 Å². The van der Waals surface area contributed by atoms with E-state index in [1.165, 1.54) is 12.1 Å². The van der Waals surface area contributed by atoms with E-state index in [1.54, 1.807) is 18.2 Å². The highest BCUT2D eigenvalue weighted by atomic mass is 35.5. The molecule has 2 rings (SSSR count). The molecule has 0 bridgehead atoms. The molecular formula is C13H6Cl2F3. The van der Waals surface area contributed by atoms with E-state index in [9.17, 15) is 13.2 Å². The number of rotatable bonds is 1. The molecule has 0 nitrogen and oxygen atoms in total. The minimum absolute atomic E-state index is 0.271. The first-order chi connectivity index (χ1) is 8.39. The lowest BCUT2D eigenvalue weighted by Gasteiger charge is -2.11. The summed E-state index contributed by atoms with van der Waals surface area (Å²) >= 11 is 11.4. The maximum atomic E-state index is 12.7. The van der Waals surface area contributed by atoms with Crippen molar-refractivity contribution in [2.45, 2.75) is 6.18 Å². The SMILES string of the molecule is FC(F)(F)c1cc(-c2ccc[c]c2Cl)ccc1Cl. The molecular weight excluding hydrogens is 284 g/mol. The van der Waals surface area contributed by atoms with Gasteiger partial charge in [0.2, 0.25) is 0 Å². The van der Waals surface area contributed by atoms with Crippen molar-refractivity contribution < 1.29 is 13.2 Å². The zero-order valence-electron chi connectivity index (χ0n) is 8.85. The Labute approximate surface area is 112 Å². The van der Waals surface area contributed by atoms with Gasteiger partial charge in [0.1, 0.15) is 0 Å². The molecule has 18 heavy (non-hydrogen) atoms. The molecule has 0 aromatic heterocycles. The zero-order valence-corrected chi connectivity index (χ0v) is 10.4. The molecule has 2 aromatic rings. The normalized spacial score (nSPS) is 11.6. The Bertz CT molecular complexity index is 577. The van der Waals surface area contributed by atoms with Crippen LogP contribution in [0.4, 0.5) is 13.2 Å². The molecule has 0 aliphatic heterocycles. The highest BCUT2D eigenvalue weighted by Gasteiger charge is 2.33. The second kappa shape index (κ2) is 4.82. The Morgan fingerprint density at radius 2 is 1.78 bits per heavy atom. The predicted molar refractivity (Wildman–Crippen MR) is 65.7 cm³/mol. The van der Waals surface area contributed by atoms with Gasteiger partial charge in [-0.15, -0.1) is 0 Å². The van der Waals surface area contributed by atoms with Crippen LogP contribution in [0.1, 0.15) is 5.56 Å². The van der Waals surface area contributed by atoms with Crippen LogP contribution in [0, 0.1) is 6.07 Å². The van der Waals surface area contributed by atoms with E-state index in [1.807, 2.05) is 0 Å². The zero-order chi connectivity index (χ0) is 13.3. The molecule has 1 radical (unpaired) electrons. The summed E-state index contributed by atoms with van der Waals surface area (Å²) in [6.45, 7) is 0. The van der Waals surface area contributed by atoms with Gasteiger partial charge in [-0.25, -0.2) is 0 Å². The van der Waals surface area contributed by atoms with Crippen LogP contribution in [0.2, 0.25) is 10.0 Å². The number of alkyl halides is 3. The summed E-state index contributed by atoms with van der Waals surface area (Å²) in [6, 6.07) is 11.3. The fraction of sp³-hybridized carbons (Fsp3) is 0.0769. The fourth-order valence-corrected chi connectivity index (χ4v) is 2.01. The molecule has 0 heterocycles. The van der Waals surface area contributed by atoms with Gasteiger partial charge in [0.15, 0.2) is 0 Å². The number of hydrogen-bond donors (Lipinski definition) is 0. The minimum atomic E-state index is -4.49. The Kier molecular flexibility index (Phi) is 3.55. The Hall–Kier alpha value is -1.19. The summed E-state index contributed by atoms with van der Waals surface area (Å²) < 4.78 is 38.2. The lowest BCUT2D eigenvalue weighted by Crippen LogP contribution is -2.05. The third-order valence-electron chi connectivity index (χ3n) is 2.39. The number of benzene rings is 2. The molecule has 0 unspecified atom stereocenters. The van der Waals surface area contributed by atoms with Gasteiger partial charge >= 0.3 is 6.18 Å². The Morgan fingerprint density at radius 1 is 1.06 bits per heavy atom. The molecule has 0 spiro atoms. The highest BCUT2D eigenvalue weighted by molar-refractivity contribution is 6.33. The minimum Gasteiger partial charge on any atom is -0.166 e. The standard InChI is InChI=1S/C13H6Cl2F3/c14-11-4-2-1-3-9(11)8-5-6-12(15)10(7-8)13(16,17)18/h1-3,5-7H. The molecule has 0 fully saturated rings. The van der Waals surface area contributed by atoms with Crippen molar-refractivity contribution in [2.75, 3.05) is 0 Å². The van der Waals surface area contributed by atoms with Crippen molar-refractivity contribution in [3.63, 3.8) is 0 Å². The van der Waals surface area contributed by atoms with Crippen LogP contribution in [0.25, 0.3) is 11.1 Å². The average molecular weight is 290 g/mol. The topological polar surface area (TPSA) is 0 Å². The summed E-state index contributed by atoms with van der Waals surface area (Å²) in [5.41, 5.74) is -0.0310. The van der Waals surface area contributed by atoms with E-state index in [4.69, 9.17) is 23.2 Å². The fourth-order valence-electron chi connectivity index (χ4n) is 1.55. The van der Waals surface area contributed by atoms with Crippen LogP contribution >= 0.6 is 23.2 Å². The van der Waals surface area contributed by atoms with E-state index < -0.39 is 11.7 Å². The maximum Gasteiger partial charge on any atom is 0.417 e. The molecule has 0 amide bonds. The van der Waals surface area contributed by atoms with Crippen LogP contribution in [0.3, 0.4) is 0 Å². The van der Waals surface area contributed by atoms with Crippen LogP contribution in [0.5, 0.6) is 0 Å². The van der Waals surface area contributed by atoms with Crippen molar-refractivity contribution in [2.24, 2.45) is 0 Å². The maximum absolute atomic E-state index is 12.7. The molecule has 0 aliphatic carbocycles. The van der Waals surface area contributed by atoms with Gasteiger partial charge in [0, 0.05) is 11.6 Å². The highest BCUT2D eigenvalue weighted by Crippen LogP contribution is 2.38. The van der Waals surface area contributed by atoms with Crippen LogP contribution < -0.4 is 0 Å². The quantitative estimate of drug-likeness (QED) is 0.652. The van der Waals surface area contributed by atoms with Gasteiger partial charge < -0.3 is 0 Å². The smallest absolute Gasteiger partial charge is 0.166 e. The summed E-state index contributed by atoms with van der Waals surface area (Å²) in [7, 11) is 0. The van der Waals surface area contributed by atoms with E-state index >= 15 is 0 Å². The molecule has 0 aliphatic rings. The molecule has 5 heteroatoms. The summed E-state index contributed by atoms with van der Waals surface area (Å²) in [6.07, 6.45) is -4.49. The third kappa shape index (κ3) is 2.62. The van der Waals surface area contributed by atoms with E-state index in [2.05, 4.69) is 6.07 Å². The summed E-state index contributed by atoms with van der Waals surface area (Å²) in [4.78, 5) is 0. The molecule has 2 aromatic carbocycles. The lowest BCUT2D eigenvalue weighted by atomic mass is 10.0. The predicted octanol–water partition coefficient (Wildman–Crippen LogP) is 5.48. The lowest BCUT2D eigenvalue weighted by molar-refractivity contribution is -0.137. The first-order valence-corrected chi connectivity index (χ1v) is 5.68. The van der Waals surface area contributed by atoms with E-state index in [-0.39, 0.29) is 10.0 Å². The van der Waals surface area contributed by atoms with Gasteiger partial charge in [-0.2, -0.15) is 13.2 Å². The molecule has 0 N–H and O–H groups in total. The van der Waals surface area contributed by atoms with Gasteiger partial charge in [-0.05, 0) is 17.7 Å². The monoisotopic (exact) mass is 289 g/mol. The van der Waals surface area contributed by atoms with E-state index in [0.717, 1.165) is 6.07 Å². The van der Waals surface area contributed by atoms with Crippen molar-refractivity contribution in [1.29, 1.82) is 0 Å². The summed E-state index contributed by atoms with van der Waals surface area (Å²) in [5.74, 6) is 0. The van der Waals surface area contributed by atoms with Crippen LogP contribution in [-0.4, -0.2) is 0 Å². The van der Waals surface area contributed by atoms with Crippen LogP contribution in [-0.2, 0) is 6.18 Å². The second-order valence-corrected chi connectivity index (χ2v) is 4.38. The average Bonchev–Trinajstić information content (AvgIpc) is 2.29. The van der Waals surface area contributed by atoms with Gasteiger partial charge in [0.05, 0.1) is 15.6 Å². The van der Waals surface area contributed by atoms with Crippen LogP contribution in [0.15, 0.2) is 36.4 Å². The van der Waals surface area contributed by atoms with Crippen molar-refractivity contribution in [1.82, 2.24) is 0 Å². The van der Waals surface area contributed by atoms with Crippen molar-refractivity contribution in [3.05, 3.63) is 58.1 Å². The van der Waals surface area contributed by atoms with Gasteiger partial charge in [0.25, 0.3) is 0 Å². The van der Waals surface area contributed by atoms with E-state index in [0.29, 0.717) is 11.1 Å². The molecule has 93 valence electrons. The Balaban J connectivity index is 2.58. The largest absolute Gasteiger partial charge is 0.417 e. The second-order valence-electron chi connectivity index (χ2n) is 3.59. The molecule has 0 saturated carbocycles. The third-order valence-corrected chi connectivity index (χ3v) is 3.03. The van der Waals surface area contributed by atoms with Crippen molar-refractivity contribution in [3.8, 4) is 11.1 Å². The first-order valence-electron chi connectivity index (χ1n) is 4.93. The number of halogens is 5. The Morgan fingerprint density at radius 3 is 2.39 bits per heavy atom. The number of hydrogen-bond acceptors (Lipinski definition) is 0.